The Morgan fingerprint density at radius 2 is 1.67 bits per heavy atom. The summed E-state index contributed by atoms with van der Waals surface area (Å²) in [5.41, 5.74) is 4.86. The normalized spacial score (nSPS) is 13.2. The summed E-state index contributed by atoms with van der Waals surface area (Å²) in [4.78, 5) is 21.1. The van der Waals surface area contributed by atoms with Crippen molar-refractivity contribution in [2.24, 2.45) is 5.92 Å². The molecule has 3 rings (SSSR count). The van der Waals surface area contributed by atoms with Crippen molar-refractivity contribution in [2.75, 3.05) is 19.6 Å². The number of benzene rings is 2. The molecule has 0 radical (unpaired) electrons. The van der Waals surface area contributed by atoms with Crippen LogP contribution in [0.1, 0.15) is 65.2 Å². The van der Waals surface area contributed by atoms with Crippen molar-refractivity contribution >= 4 is 16.8 Å². The van der Waals surface area contributed by atoms with Gasteiger partial charge in [-0.2, -0.15) is 0 Å². The van der Waals surface area contributed by atoms with Gasteiger partial charge in [0, 0.05) is 42.8 Å². The Hall–Kier alpha value is -2.63. The maximum Gasteiger partial charge on any atom is 0.237 e. The van der Waals surface area contributed by atoms with E-state index in [0.29, 0.717) is 26.2 Å². The molecule has 0 aliphatic rings. The summed E-state index contributed by atoms with van der Waals surface area (Å²) in [6.07, 6.45) is 2.39. The van der Waals surface area contributed by atoms with Gasteiger partial charge in [0.25, 0.3) is 0 Å². The third-order valence-corrected chi connectivity index (χ3v) is 7.13. The van der Waals surface area contributed by atoms with Gasteiger partial charge in [-0.15, -0.1) is 0 Å². The van der Waals surface area contributed by atoms with Crippen molar-refractivity contribution in [3.63, 3.8) is 0 Å². The zero-order valence-corrected chi connectivity index (χ0v) is 23.2. The Labute approximate surface area is 217 Å². The third kappa shape index (κ3) is 7.44. The van der Waals surface area contributed by atoms with E-state index < -0.39 is 6.10 Å². The van der Waals surface area contributed by atoms with Crippen molar-refractivity contribution in [3.8, 4) is 0 Å². The highest BCUT2D eigenvalue weighted by atomic mass is 16.3. The van der Waals surface area contributed by atoms with E-state index in [9.17, 15) is 9.90 Å². The molecule has 0 saturated carbocycles. The number of hydrogen-bond donors (Lipinski definition) is 2. The largest absolute Gasteiger partial charge is 0.392 e. The number of aromatic nitrogens is 1. The van der Waals surface area contributed by atoms with Crippen LogP contribution >= 0.6 is 0 Å². The average Bonchev–Trinajstić information content (AvgIpc) is 3.23. The summed E-state index contributed by atoms with van der Waals surface area (Å²) >= 11 is 0. The number of fused-ring (bicyclic) bond motifs is 1. The number of aliphatic hydroxyl groups excluding tert-OH is 1. The molecule has 0 aliphatic heterocycles. The molecule has 1 amide bonds. The van der Waals surface area contributed by atoms with Gasteiger partial charge in [-0.1, -0.05) is 77.1 Å². The molecule has 1 atom stereocenters. The van der Waals surface area contributed by atoms with Gasteiger partial charge in [0.15, 0.2) is 0 Å². The summed E-state index contributed by atoms with van der Waals surface area (Å²) in [6, 6.07) is 17.1. The molecule has 0 unspecified atom stereocenters. The Balaban J connectivity index is 1.79. The standard InChI is InChI=1S/C31H45N3O2/c1-22(2)29(35)20-34(23(3)4)21-30(36)33(19-24-12-14-26(15-13-24)31(5,6)7)17-16-25-18-32-28-11-9-8-10-27(25)28/h8-15,18,22-23,29,32,35H,16-17,19-21H2,1-7H3/t29-/m0/s1. The Morgan fingerprint density at radius 1 is 1.00 bits per heavy atom. The van der Waals surface area contributed by atoms with Crippen LogP contribution in [-0.2, 0) is 23.2 Å². The third-order valence-electron chi connectivity index (χ3n) is 7.13. The van der Waals surface area contributed by atoms with E-state index in [0.717, 1.165) is 17.5 Å². The number of nitrogens with zero attached hydrogens (tertiary/aromatic N) is 2. The fourth-order valence-electron chi connectivity index (χ4n) is 4.40. The lowest BCUT2D eigenvalue weighted by atomic mass is 9.87. The zero-order valence-electron chi connectivity index (χ0n) is 23.2. The van der Waals surface area contributed by atoms with Crippen LogP contribution in [0.3, 0.4) is 0 Å². The molecule has 0 aliphatic carbocycles. The van der Waals surface area contributed by atoms with Gasteiger partial charge in [-0.25, -0.2) is 0 Å². The van der Waals surface area contributed by atoms with Gasteiger partial charge in [0.2, 0.25) is 5.91 Å². The molecule has 2 N–H and O–H groups in total. The number of carbonyl (C=O) groups is 1. The lowest BCUT2D eigenvalue weighted by Gasteiger charge is -2.32. The average molecular weight is 492 g/mol. The molecule has 5 nitrogen and oxygen atoms in total. The molecule has 1 aromatic heterocycles. The number of para-hydroxylation sites is 1. The molecule has 0 spiro atoms. The van der Waals surface area contributed by atoms with Crippen LogP contribution in [-0.4, -0.2) is 57.6 Å². The van der Waals surface area contributed by atoms with Crippen LogP contribution in [0, 0.1) is 5.92 Å². The van der Waals surface area contributed by atoms with E-state index in [4.69, 9.17) is 0 Å². The van der Waals surface area contributed by atoms with Crippen molar-refractivity contribution < 1.29 is 9.90 Å². The number of carbonyl (C=O) groups excluding carboxylic acids is 1. The van der Waals surface area contributed by atoms with Crippen molar-refractivity contribution in [2.45, 2.75) is 79.0 Å². The Morgan fingerprint density at radius 3 is 2.28 bits per heavy atom. The Bertz CT molecular complexity index is 1110. The highest BCUT2D eigenvalue weighted by Gasteiger charge is 2.23. The van der Waals surface area contributed by atoms with Crippen LogP contribution in [0.4, 0.5) is 0 Å². The molecule has 2 aromatic carbocycles. The summed E-state index contributed by atoms with van der Waals surface area (Å²) in [5.74, 6) is 0.250. The van der Waals surface area contributed by atoms with Crippen LogP contribution in [0.5, 0.6) is 0 Å². The molecule has 0 saturated heterocycles. The molecular formula is C31H45N3O2. The minimum Gasteiger partial charge on any atom is -0.392 e. The molecule has 196 valence electrons. The molecule has 1 heterocycles. The summed E-state index contributed by atoms with van der Waals surface area (Å²) < 4.78 is 0. The van der Waals surface area contributed by atoms with Crippen LogP contribution in [0.25, 0.3) is 10.9 Å². The highest BCUT2D eigenvalue weighted by molar-refractivity contribution is 5.83. The summed E-state index contributed by atoms with van der Waals surface area (Å²) in [5, 5.41) is 11.7. The fraction of sp³-hybridized carbons (Fsp3) is 0.516. The second-order valence-corrected chi connectivity index (χ2v) is 11.7. The predicted octanol–water partition coefficient (Wildman–Crippen LogP) is 5.76. The first-order chi connectivity index (χ1) is 17.0. The smallest absolute Gasteiger partial charge is 0.237 e. The molecular weight excluding hydrogens is 446 g/mol. The maximum atomic E-state index is 13.7. The Kier molecular flexibility index (Phi) is 9.37. The number of rotatable bonds is 11. The number of nitrogens with one attached hydrogen (secondary N) is 1. The molecule has 0 bridgehead atoms. The molecule has 36 heavy (non-hydrogen) atoms. The van der Waals surface area contributed by atoms with E-state index in [1.165, 1.54) is 16.5 Å². The van der Waals surface area contributed by atoms with Crippen LogP contribution in [0.15, 0.2) is 54.7 Å². The van der Waals surface area contributed by atoms with E-state index >= 15 is 0 Å². The number of hydrogen-bond acceptors (Lipinski definition) is 3. The van der Waals surface area contributed by atoms with E-state index in [2.05, 4.69) is 93.2 Å². The van der Waals surface area contributed by atoms with E-state index in [1.54, 1.807) is 0 Å². The molecule has 0 fully saturated rings. The van der Waals surface area contributed by atoms with Crippen molar-refractivity contribution in [3.05, 3.63) is 71.4 Å². The SMILES string of the molecule is CC(C)[C@@H](O)CN(CC(=O)N(CCc1c[nH]c2ccccc12)Cc1ccc(C(C)(C)C)cc1)C(C)C. The number of aromatic amines is 1. The second-order valence-electron chi connectivity index (χ2n) is 11.7. The van der Waals surface area contributed by atoms with Crippen molar-refractivity contribution in [1.29, 1.82) is 0 Å². The second kappa shape index (κ2) is 12.1. The number of amides is 1. The van der Waals surface area contributed by atoms with Crippen molar-refractivity contribution in [1.82, 2.24) is 14.8 Å². The lowest BCUT2D eigenvalue weighted by Crippen LogP contribution is -2.46. The fourth-order valence-corrected chi connectivity index (χ4v) is 4.40. The number of aliphatic hydroxyl groups is 1. The van der Waals surface area contributed by atoms with Gasteiger partial charge in [0.1, 0.15) is 0 Å². The van der Waals surface area contributed by atoms with Gasteiger partial charge in [-0.05, 0) is 54.4 Å². The van der Waals surface area contributed by atoms with Crippen LogP contribution in [0.2, 0.25) is 0 Å². The summed E-state index contributed by atoms with van der Waals surface area (Å²) in [6.45, 7) is 16.8. The number of H-pyrrole nitrogens is 1. The predicted molar refractivity (Wildman–Crippen MR) is 150 cm³/mol. The lowest BCUT2D eigenvalue weighted by molar-refractivity contribution is -0.134. The van der Waals surface area contributed by atoms with Gasteiger partial charge in [-0.3, -0.25) is 9.69 Å². The molecule has 3 aromatic rings. The van der Waals surface area contributed by atoms with Crippen LogP contribution < -0.4 is 0 Å². The minimum absolute atomic E-state index is 0.0956. The summed E-state index contributed by atoms with van der Waals surface area (Å²) in [7, 11) is 0. The first-order valence-corrected chi connectivity index (χ1v) is 13.3. The van der Waals surface area contributed by atoms with E-state index in [1.807, 2.05) is 24.8 Å². The monoisotopic (exact) mass is 491 g/mol. The van der Waals surface area contributed by atoms with Gasteiger partial charge in [0.05, 0.1) is 12.6 Å². The quantitative estimate of drug-likeness (QED) is 0.358. The topological polar surface area (TPSA) is 59.6 Å². The minimum atomic E-state index is -0.454. The van der Waals surface area contributed by atoms with E-state index in [-0.39, 0.29) is 23.3 Å². The maximum absolute atomic E-state index is 13.7. The first kappa shape index (κ1) is 27.9. The zero-order chi connectivity index (χ0) is 26.5. The van der Waals surface area contributed by atoms with Gasteiger partial charge < -0.3 is 15.0 Å². The van der Waals surface area contributed by atoms with Gasteiger partial charge >= 0.3 is 0 Å². The molecule has 5 heteroatoms. The highest BCUT2D eigenvalue weighted by Crippen LogP contribution is 2.23. The first-order valence-electron chi connectivity index (χ1n) is 13.3.